The Bertz CT molecular complexity index is 793. The van der Waals surface area contributed by atoms with Crippen molar-refractivity contribution in [2.24, 2.45) is 0 Å². The first-order valence-corrected chi connectivity index (χ1v) is 8.57. The van der Waals surface area contributed by atoms with E-state index in [0.29, 0.717) is 37.5 Å². The predicted octanol–water partition coefficient (Wildman–Crippen LogP) is 2.82. The third kappa shape index (κ3) is 4.31. The molecule has 0 unspecified atom stereocenters. The quantitative estimate of drug-likeness (QED) is 0.829. The Labute approximate surface area is 152 Å². The number of piperazine rings is 1. The molecule has 1 aliphatic heterocycles. The third-order valence-corrected chi connectivity index (χ3v) is 4.40. The molecule has 0 aromatic heterocycles. The number of ether oxygens (including phenoxy) is 1. The number of carbonyl (C=O) groups is 1. The van der Waals surface area contributed by atoms with Crippen molar-refractivity contribution in [3.63, 3.8) is 0 Å². The number of anilines is 1. The van der Waals surface area contributed by atoms with Gasteiger partial charge in [-0.3, -0.25) is 4.79 Å². The lowest BCUT2D eigenvalue weighted by atomic mass is 10.1. The fraction of sp³-hybridized carbons (Fsp3) is 0.300. The molecule has 1 fully saturated rings. The molecule has 26 heavy (non-hydrogen) atoms. The summed E-state index contributed by atoms with van der Waals surface area (Å²) in [4.78, 5) is 16.3. The molecule has 0 N–H and O–H groups in total. The van der Waals surface area contributed by atoms with Gasteiger partial charge in [-0.25, -0.2) is 4.39 Å². The van der Waals surface area contributed by atoms with E-state index in [1.165, 1.54) is 12.1 Å². The summed E-state index contributed by atoms with van der Waals surface area (Å²) in [6, 6.07) is 15.5. The summed E-state index contributed by atoms with van der Waals surface area (Å²) in [7, 11) is 0. The number of rotatable bonds is 5. The monoisotopic (exact) mass is 353 g/mol. The fourth-order valence-electron chi connectivity index (χ4n) is 2.99. The highest BCUT2D eigenvalue weighted by atomic mass is 19.1. The first-order chi connectivity index (χ1) is 12.7. The number of benzene rings is 2. The maximum atomic E-state index is 12.8. The number of carbonyl (C=O) groups excluding carboxylic acids is 1. The molecule has 2 aromatic carbocycles. The standard InChI is InChI=1S/C20H20FN3O2/c21-17-5-7-18(8-6-17)26-14-9-20(25)24-12-10-23(11-13-24)19-4-2-1-3-16(19)15-22/h1-8H,9-14H2. The summed E-state index contributed by atoms with van der Waals surface area (Å²) < 4.78 is 18.3. The third-order valence-electron chi connectivity index (χ3n) is 4.40. The van der Waals surface area contributed by atoms with Gasteiger partial charge in [0.25, 0.3) is 0 Å². The number of hydrogen-bond acceptors (Lipinski definition) is 4. The zero-order valence-corrected chi connectivity index (χ0v) is 14.4. The summed E-state index contributed by atoms with van der Waals surface area (Å²) in [6.45, 7) is 2.90. The van der Waals surface area contributed by atoms with Crippen LogP contribution >= 0.6 is 0 Å². The van der Waals surface area contributed by atoms with Crippen molar-refractivity contribution in [1.82, 2.24) is 4.90 Å². The number of amides is 1. The van der Waals surface area contributed by atoms with Crippen LogP contribution in [0, 0.1) is 17.1 Å². The molecule has 1 amide bonds. The number of nitriles is 1. The molecule has 5 nitrogen and oxygen atoms in total. The van der Waals surface area contributed by atoms with Crippen LogP contribution in [0.3, 0.4) is 0 Å². The molecule has 0 bridgehead atoms. The molecule has 3 rings (SSSR count). The van der Waals surface area contributed by atoms with Crippen molar-refractivity contribution >= 4 is 11.6 Å². The van der Waals surface area contributed by atoms with Gasteiger partial charge in [0.05, 0.1) is 24.3 Å². The van der Waals surface area contributed by atoms with E-state index in [1.807, 2.05) is 23.1 Å². The largest absolute Gasteiger partial charge is 0.493 e. The molecule has 134 valence electrons. The van der Waals surface area contributed by atoms with Crippen molar-refractivity contribution < 1.29 is 13.9 Å². The second-order valence-electron chi connectivity index (χ2n) is 6.05. The van der Waals surface area contributed by atoms with E-state index >= 15 is 0 Å². The number of halogens is 1. The van der Waals surface area contributed by atoms with Crippen molar-refractivity contribution in [1.29, 1.82) is 5.26 Å². The maximum absolute atomic E-state index is 12.8. The van der Waals surface area contributed by atoms with Crippen LogP contribution in [0.2, 0.25) is 0 Å². The molecular formula is C20H20FN3O2. The second kappa shape index (κ2) is 8.34. The molecule has 0 saturated carbocycles. The lowest BCUT2D eigenvalue weighted by Crippen LogP contribution is -2.49. The van der Waals surface area contributed by atoms with E-state index < -0.39 is 0 Å². The summed E-state index contributed by atoms with van der Waals surface area (Å²) in [5.41, 5.74) is 1.57. The average molecular weight is 353 g/mol. The highest BCUT2D eigenvalue weighted by molar-refractivity contribution is 5.76. The smallest absolute Gasteiger partial charge is 0.226 e. The first kappa shape index (κ1) is 17.7. The minimum Gasteiger partial charge on any atom is -0.493 e. The lowest BCUT2D eigenvalue weighted by molar-refractivity contribution is -0.132. The Morgan fingerprint density at radius 2 is 1.77 bits per heavy atom. The Hall–Kier alpha value is -3.07. The number of nitrogens with zero attached hydrogens (tertiary/aromatic N) is 3. The Kier molecular flexibility index (Phi) is 5.69. The van der Waals surface area contributed by atoms with Crippen molar-refractivity contribution in [3.05, 3.63) is 59.9 Å². The topological polar surface area (TPSA) is 56.6 Å². The van der Waals surface area contributed by atoms with Gasteiger partial charge in [0.2, 0.25) is 5.91 Å². The molecule has 2 aromatic rings. The van der Waals surface area contributed by atoms with E-state index in [1.54, 1.807) is 18.2 Å². The lowest BCUT2D eigenvalue weighted by Gasteiger charge is -2.36. The van der Waals surface area contributed by atoms with Crippen LogP contribution in [0.4, 0.5) is 10.1 Å². The van der Waals surface area contributed by atoms with Gasteiger partial charge in [-0.05, 0) is 36.4 Å². The molecular weight excluding hydrogens is 333 g/mol. The highest BCUT2D eigenvalue weighted by Gasteiger charge is 2.22. The fourth-order valence-corrected chi connectivity index (χ4v) is 2.99. The first-order valence-electron chi connectivity index (χ1n) is 8.57. The molecule has 0 spiro atoms. The van der Waals surface area contributed by atoms with Crippen molar-refractivity contribution in [2.45, 2.75) is 6.42 Å². The zero-order chi connectivity index (χ0) is 18.4. The molecule has 1 heterocycles. The van der Waals surface area contributed by atoms with Crippen LogP contribution in [0.5, 0.6) is 5.75 Å². The van der Waals surface area contributed by atoms with Gasteiger partial charge in [-0.1, -0.05) is 12.1 Å². The highest BCUT2D eigenvalue weighted by Crippen LogP contribution is 2.21. The van der Waals surface area contributed by atoms with E-state index in [4.69, 9.17) is 4.74 Å². The van der Waals surface area contributed by atoms with Crippen LogP contribution in [0.1, 0.15) is 12.0 Å². The Balaban J connectivity index is 1.46. The zero-order valence-electron chi connectivity index (χ0n) is 14.4. The molecule has 0 aliphatic carbocycles. The van der Waals surface area contributed by atoms with Crippen molar-refractivity contribution in [3.8, 4) is 11.8 Å². The van der Waals surface area contributed by atoms with Crippen LogP contribution in [-0.4, -0.2) is 43.6 Å². The number of hydrogen-bond donors (Lipinski definition) is 0. The van der Waals surface area contributed by atoms with Crippen molar-refractivity contribution in [2.75, 3.05) is 37.7 Å². The summed E-state index contributed by atoms with van der Waals surface area (Å²) in [5, 5.41) is 9.22. The van der Waals surface area contributed by atoms with Gasteiger partial charge >= 0.3 is 0 Å². The summed E-state index contributed by atoms with van der Waals surface area (Å²) >= 11 is 0. The van der Waals surface area contributed by atoms with E-state index in [-0.39, 0.29) is 24.8 Å². The van der Waals surface area contributed by atoms with E-state index in [0.717, 1.165) is 5.69 Å². The molecule has 0 radical (unpaired) electrons. The van der Waals surface area contributed by atoms with Crippen LogP contribution in [-0.2, 0) is 4.79 Å². The summed E-state index contributed by atoms with van der Waals surface area (Å²) in [6.07, 6.45) is 0.284. The molecule has 1 aliphatic rings. The number of para-hydroxylation sites is 1. The van der Waals surface area contributed by atoms with Gasteiger partial charge in [0.1, 0.15) is 17.6 Å². The predicted molar refractivity (Wildman–Crippen MR) is 96.5 cm³/mol. The second-order valence-corrected chi connectivity index (χ2v) is 6.05. The normalized spacial score (nSPS) is 14.0. The SMILES string of the molecule is N#Cc1ccccc1N1CCN(C(=O)CCOc2ccc(F)cc2)CC1. The van der Waals surface area contributed by atoms with Crippen LogP contribution in [0.25, 0.3) is 0 Å². The van der Waals surface area contributed by atoms with Gasteiger partial charge in [0, 0.05) is 26.2 Å². The maximum Gasteiger partial charge on any atom is 0.226 e. The van der Waals surface area contributed by atoms with E-state index in [2.05, 4.69) is 11.0 Å². The van der Waals surface area contributed by atoms with Gasteiger partial charge < -0.3 is 14.5 Å². The van der Waals surface area contributed by atoms with Gasteiger partial charge in [-0.15, -0.1) is 0 Å². The van der Waals surface area contributed by atoms with Crippen LogP contribution in [0.15, 0.2) is 48.5 Å². The van der Waals surface area contributed by atoms with E-state index in [9.17, 15) is 14.4 Å². The average Bonchev–Trinajstić information content (AvgIpc) is 2.69. The Morgan fingerprint density at radius 3 is 2.46 bits per heavy atom. The molecule has 1 saturated heterocycles. The van der Waals surface area contributed by atoms with Crippen LogP contribution < -0.4 is 9.64 Å². The molecule has 0 atom stereocenters. The summed E-state index contributed by atoms with van der Waals surface area (Å²) in [5.74, 6) is 0.279. The molecule has 6 heteroatoms. The minimum absolute atomic E-state index is 0.0420. The minimum atomic E-state index is -0.315. The van der Waals surface area contributed by atoms with Gasteiger partial charge in [0.15, 0.2) is 0 Å². The van der Waals surface area contributed by atoms with Gasteiger partial charge in [-0.2, -0.15) is 5.26 Å². The Morgan fingerprint density at radius 1 is 1.08 bits per heavy atom.